The largest absolute Gasteiger partial charge is 0.346 e. The summed E-state index contributed by atoms with van der Waals surface area (Å²) in [6.07, 6.45) is 4.83. The molecule has 3 rings (SSSR count). The summed E-state index contributed by atoms with van der Waals surface area (Å²) in [4.78, 5) is 34.5. The van der Waals surface area contributed by atoms with Crippen LogP contribution in [0.1, 0.15) is 18.4 Å². The van der Waals surface area contributed by atoms with Crippen molar-refractivity contribution in [3.8, 4) is 0 Å². The van der Waals surface area contributed by atoms with E-state index in [1.165, 1.54) is 5.56 Å². The van der Waals surface area contributed by atoms with Crippen molar-refractivity contribution in [1.82, 2.24) is 19.7 Å². The van der Waals surface area contributed by atoms with Crippen molar-refractivity contribution >= 4 is 11.8 Å². The van der Waals surface area contributed by atoms with Gasteiger partial charge in [-0.1, -0.05) is 6.07 Å². The highest BCUT2D eigenvalue weighted by atomic mass is 16.2. The summed E-state index contributed by atoms with van der Waals surface area (Å²) < 4.78 is 0. The second-order valence-corrected chi connectivity index (χ2v) is 6.47. The number of carbonyl (C=O) groups is 2. The van der Waals surface area contributed by atoms with Crippen molar-refractivity contribution in [2.45, 2.75) is 19.4 Å². The number of likely N-dealkylation sites (tertiary alicyclic amines) is 1. The number of hydrogen-bond donors (Lipinski definition) is 0. The average molecular weight is 316 g/mol. The molecule has 23 heavy (non-hydrogen) atoms. The highest BCUT2D eigenvalue weighted by molar-refractivity contribution is 5.87. The molecule has 0 aliphatic carbocycles. The molecule has 2 saturated heterocycles. The zero-order valence-corrected chi connectivity index (χ0v) is 13.6. The number of pyridine rings is 1. The van der Waals surface area contributed by atoms with Crippen LogP contribution in [0.3, 0.4) is 0 Å². The molecule has 0 radical (unpaired) electrons. The Balaban J connectivity index is 1.49. The smallest absolute Gasteiger partial charge is 0.226 e. The Morgan fingerprint density at radius 2 is 2.04 bits per heavy atom. The first-order valence-corrected chi connectivity index (χ1v) is 8.27. The van der Waals surface area contributed by atoms with Crippen molar-refractivity contribution in [2.24, 2.45) is 5.92 Å². The molecule has 2 fully saturated rings. The zero-order chi connectivity index (χ0) is 16.2. The van der Waals surface area contributed by atoms with Gasteiger partial charge in [0.2, 0.25) is 11.8 Å². The van der Waals surface area contributed by atoms with Crippen LogP contribution in [0.25, 0.3) is 0 Å². The summed E-state index contributed by atoms with van der Waals surface area (Å²) in [5, 5.41) is 0. The Kier molecular flexibility index (Phi) is 4.91. The molecule has 6 heteroatoms. The minimum Gasteiger partial charge on any atom is -0.346 e. The van der Waals surface area contributed by atoms with Crippen molar-refractivity contribution in [1.29, 1.82) is 0 Å². The summed E-state index contributed by atoms with van der Waals surface area (Å²) in [7, 11) is 1.81. The van der Waals surface area contributed by atoms with Gasteiger partial charge in [-0.05, 0) is 18.1 Å². The lowest BCUT2D eigenvalue weighted by molar-refractivity contribution is -0.145. The van der Waals surface area contributed by atoms with Crippen LogP contribution in [0.15, 0.2) is 24.5 Å². The number of nitrogens with zero attached hydrogens (tertiary/aromatic N) is 4. The van der Waals surface area contributed by atoms with E-state index in [2.05, 4.69) is 16.0 Å². The molecule has 2 amide bonds. The highest BCUT2D eigenvalue weighted by Crippen LogP contribution is 2.20. The highest BCUT2D eigenvalue weighted by Gasteiger charge is 2.32. The lowest BCUT2D eigenvalue weighted by Crippen LogP contribution is -2.51. The van der Waals surface area contributed by atoms with Gasteiger partial charge in [0.25, 0.3) is 0 Å². The van der Waals surface area contributed by atoms with Crippen LogP contribution in [0.5, 0.6) is 0 Å². The lowest BCUT2D eigenvalue weighted by Gasteiger charge is -2.37. The van der Waals surface area contributed by atoms with Gasteiger partial charge in [-0.25, -0.2) is 0 Å². The van der Waals surface area contributed by atoms with Gasteiger partial charge >= 0.3 is 0 Å². The molecule has 6 nitrogen and oxygen atoms in total. The summed E-state index contributed by atoms with van der Waals surface area (Å²) in [6.45, 7) is 4.82. The van der Waals surface area contributed by atoms with E-state index in [0.29, 0.717) is 13.0 Å². The second kappa shape index (κ2) is 7.08. The first kappa shape index (κ1) is 15.9. The van der Waals surface area contributed by atoms with E-state index in [4.69, 9.17) is 0 Å². The Morgan fingerprint density at radius 3 is 2.70 bits per heavy atom. The first-order chi connectivity index (χ1) is 11.1. The van der Waals surface area contributed by atoms with E-state index < -0.39 is 0 Å². The van der Waals surface area contributed by atoms with E-state index >= 15 is 0 Å². The fourth-order valence-corrected chi connectivity index (χ4v) is 3.29. The molecule has 0 unspecified atom stereocenters. The van der Waals surface area contributed by atoms with Crippen molar-refractivity contribution < 1.29 is 9.59 Å². The molecule has 3 heterocycles. The minimum absolute atomic E-state index is 0.0878. The minimum atomic E-state index is -0.122. The van der Waals surface area contributed by atoms with E-state index in [1.54, 1.807) is 18.1 Å². The summed E-state index contributed by atoms with van der Waals surface area (Å²) >= 11 is 0. The second-order valence-electron chi connectivity index (χ2n) is 6.47. The number of aromatic nitrogens is 1. The standard InChI is InChI=1S/C17H24N4O2/c1-19-6-4-15(11-16(19)22)17(23)21-9-7-20(8-10-21)13-14-3-2-5-18-12-14/h2-3,5,12,15H,4,6-11,13H2,1H3/t15-/m1/s1. The normalized spacial score (nSPS) is 23.2. The fraction of sp³-hybridized carbons (Fsp3) is 0.588. The Labute approximate surface area is 137 Å². The zero-order valence-electron chi connectivity index (χ0n) is 13.6. The summed E-state index contributed by atoms with van der Waals surface area (Å²) in [5.74, 6) is 0.126. The number of piperazine rings is 1. The van der Waals surface area contributed by atoms with Crippen LogP contribution in [0.4, 0.5) is 0 Å². The number of piperidine rings is 1. The van der Waals surface area contributed by atoms with Crippen LogP contribution >= 0.6 is 0 Å². The maximum absolute atomic E-state index is 12.6. The van der Waals surface area contributed by atoms with Gasteiger partial charge in [-0.3, -0.25) is 19.5 Å². The maximum Gasteiger partial charge on any atom is 0.226 e. The molecule has 0 saturated carbocycles. The molecule has 1 aromatic rings. The Morgan fingerprint density at radius 1 is 1.26 bits per heavy atom. The van der Waals surface area contributed by atoms with E-state index in [9.17, 15) is 9.59 Å². The number of carbonyl (C=O) groups excluding carboxylic acids is 2. The van der Waals surface area contributed by atoms with Gasteiger partial charge in [-0.2, -0.15) is 0 Å². The average Bonchev–Trinajstić information content (AvgIpc) is 2.58. The molecule has 124 valence electrons. The van der Waals surface area contributed by atoms with Crippen LogP contribution in [-0.4, -0.2) is 71.3 Å². The number of amides is 2. The number of rotatable bonds is 3. The van der Waals surface area contributed by atoms with Gasteiger partial charge in [0.05, 0.1) is 0 Å². The van der Waals surface area contributed by atoms with Crippen LogP contribution in [0.2, 0.25) is 0 Å². The van der Waals surface area contributed by atoms with E-state index in [1.807, 2.05) is 17.2 Å². The molecule has 0 bridgehead atoms. The first-order valence-electron chi connectivity index (χ1n) is 8.27. The van der Waals surface area contributed by atoms with Crippen LogP contribution in [0, 0.1) is 5.92 Å². The van der Waals surface area contributed by atoms with Gasteiger partial charge in [0.1, 0.15) is 0 Å². The molecular weight excluding hydrogens is 292 g/mol. The van der Waals surface area contributed by atoms with Crippen LogP contribution < -0.4 is 0 Å². The molecular formula is C17H24N4O2. The Bertz CT molecular complexity index is 555. The molecule has 0 spiro atoms. The summed E-state index contributed by atoms with van der Waals surface area (Å²) in [6, 6.07) is 4.03. The quantitative estimate of drug-likeness (QED) is 0.819. The predicted octanol–water partition coefficient (Wildman–Crippen LogP) is 0.594. The summed E-state index contributed by atoms with van der Waals surface area (Å²) in [5.41, 5.74) is 1.20. The predicted molar refractivity (Wildman–Crippen MR) is 86.5 cm³/mol. The molecule has 0 aromatic carbocycles. The third-order valence-corrected chi connectivity index (χ3v) is 4.82. The monoisotopic (exact) mass is 316 g/mol. The van der Waals surface area contributed by atoms with Crippen LogP contribution in [-0.2, 0) is 16.1 Å². The number of hydrogen-bond acceptors (Lipinski definition) is 4. The third-order valence-electron chi connectivity index (χ3n) is 4.82. The van der Waals surface area contributed by atoms with Gasteiger partial charge in [0.15, 0.2) is 0 Å². The maximum atomic E-state index is 12.6. The topological polar surface area (TPSA) is 56.8 Å². The lowest BCUT2D eigenvalue weighted by atomic mass is 9.94. The van der Waals surface area contributed by atoms with Crippen molar-refractivity contribution in [2.75, 3.05) is 39.8 Å². The SMILES string of the molecule is CN1CC[C@@H](C(=O)N2CCN(Cc3cccnc3)CC2)CC1=O. The van der Waals surface area contributed by atoms with Crippen molar-refractivity contribution in [3.63, 3.8) is 0 Å². The van der Waals surface area contributed by atoms with E-state index in [0.717, 1.165) is 39.1 Å². The van der Waals surface area contributed by atoms with Gasteiger partial charge in [-0.15, -0.1) is 0 Å². The molecule has 2 aliphatic rings. The van der Waals surface area contributed by atoms with Crippen molar-refractivity contribution in [3.05, 3.63) is 30.1 Å². The van der Waals surface area contributed by atoms with Gasteiger partial charge < -0.3 is 9.80 Å². The van der Waals surface area contributed by atoms with E-state index in [-0.39, 0.29) is 17.7 Å². The fourth-order valence-electron chi connectivity index (χ4n) is 3.29. The molecule has 0 N–H and O–H groups in total. The van der Waals surface area contributed by atoms with Gasteiger partial charge in [0, 0.05) is 71.0 Å². The Hall–Kier alpha value is -1.95. The molecule has 2 aliphatic heterocycles. The molecule has 1 atom stereocenters. The molecule has 1 aromatic heterocycles. The third kappa shape index (κ3) is 3.88.